The van der Waals surface area contributed by atoms with E-state index in [4.69, 9.17) is 5.11 Å². The number of phosphoric acid groups is 1. The first-order chi connectivity index (χ1) is 6.52. The lowest BCUT2D eigenvalue weighted by molar-refractivity contribution is -0.138. The molecule has 1 N–H and O–H groups in total. The van der Waals surface area contributed by atoms with Crippen LogP contribution in [0.2, 0.25) is 0 Å². The first kappa shape index (κ1) is 11.0. The number of cyclic esters (lactones) is 1. The molecule has 1 rings (SSSR count). The molecule has 0 radical (unpaired) electrons. The molecule has 0 saturated carbocycles. The van der Waals surface area contributed by atoms with Gasteiger partial charge in [-0.2, -0.15) is 0 Å². The molecule has 1 aliphatic heterocycles. The molecular weight excluding hydrogens is 215 g/mol. The molecule has 0 unspecified atom stereocenters. The smallest absolute Gasteiger partial charge is 0.505 e. The third-order valence-electron chi connectivity index (χ3n) is 1.44. The van der Waals surface area contributed by atoms with Crippen molar-refractivity contribution in [2.75, 3.05) is 20.8 Å². The van der Waals surface area contributed by atoms with Crippen molar-refractivity contribution < 1.29 is 32.8 Å². The molecular formula is C6H9O7P. The molecule has 1 heterocycles. The molecule has 8 heteroatoms. The Morgan fingerprint density at radius 3 is 2.36 bits per heavy atom. The second-order valence-electron chi connectivity index (χ2n) is 2.26. The summed E-state index contributed by atoms with van der Waals surface area (Å²) in [6.07, 6.45) is 0. The Balaban J connectivity index is 2.82. The Morgan fingerprint density at radius 1 is 1.43 bits per heavy atom. The molecule has 7 nitrogen and oxygen atoms in total. The molecule has 0 aromatic carbocycles. The Morgan fingerprint density at radius 2 is 2.00 bits per heavy atom. The third-order valence-corrected chi connectivity index (χ3v) is 2.74. The van der Waals surface area contributed by atoms with Gasteiger partial charge in [0.05, 0.1) is 0 Å². The van der Waals surface area contributed by atoms with E-state index in [1.54, 1.807) is 0 Å². The summed E-state index contributed by atoms with van der Waals surface area (Å²) >= 11 is 0. The van der Waals surface area contributed by atoms with Gasteiger partial charge in [-0.05, 0) is 0 Å². The molecule has 0 aromatic rings. The van der Waals surface area contributed by atoms with Crippen molar-refractivity contribution in [2.24, 2.45) is 0 Å². The van der Waals surface area contributed by atoms with Crippen LogP contribution < -0.4 is 0 Å². The zero-order valence-electron chi connectivity index (χ0n) is 7.55. The molecule has 0 atom stereocenters. The molecule has 0 spiro atoms. The number of esters is 1. The minimum Gasteiger partial charge on any atom is -0.505 e. The van der Waals surface area contributed by atoms with Crippen LogP contribution in [0.25, 0.3) is 0 Å². The van der Waals surface area contributed by atoms with E-state index < -0.39 is 25.3 Å². The van der Waals surface area contributed by atoms with Crippen LogP contribution in [0.5, 0.6) is 0 Å². The number of hydrogen-bond donors (Lipinski definition) is 1. The zero-order chi connectivity index (χ0) is 10.8. The van der Waals surface area contributed by atoms with Gasteiger partial charge in [-0.3, -0.25) is 9.05 Å². The van der Waals surface area contributed by atoms with Crippen molar-refractivity contribution >= 4 is 13.8 Å². The molecule has 1 aliphatic rings. The summed E-state index contributed by atoms with van der Waals surface area (Å²) in [7, 11) is -1.65. The van der Waals surface area contributed by atoms with Crippen LogP contribution in [-0.4, -0.2) is 31.9 Å². The van der Waals surface area contributed by atoms with Crippen molar-refractivity contribution in [2.45, 2.75) is 0 Å². The summed E-state index contributed by atoms with van der Waals surface area (Å²) in [5.74, 6) is -1.89. The minimum atomic E-state index is -3.82. The van der Waals surface area contributed by atoms with E-state index in [1.807, 2.05) is 0 Å². The zero-order valence-corrected chi connectivity index (χ0v) is 8.45. The van der Waals surface area contributed by atoms with Crippen LogP contribution in [0, 0.1) is 0 Å². The maximum absolute atomic E-state index is 11.4. The fraction of sp³-hybridized carbons (Fsp3) is 0.500. The Hall–Kier alpha value is -1.04. The van der Waals surface area contributed by atoms with Gasteiger partial charge < -0.3 is 14.4 Å². The quantitative estimate of drug-likeness (QED) is 0.555. The Kier molecular flexibility index (Phi) is 3.15. The normalized spacial score (nSPS) is 17.1. The first-order valence-electron chi connectivity index (χ1n) is 3.53. The molecule has 0 fully saturated rings. The van der Waals surface area contributed by atoms with E-state index in [0.29, 0.717) is 0 Å². The van der Waals surface area contributed by atoms with Gasteiger partial charge in [0, 0.05) is 14.2 Å². The molecule has 14 heavy (non-hydrogen) atoms. The average molecular weight is 224 g/mol. The van der Waals surface area contributed by atoms with Crippen LogP contribution in [0.1, 0.15) is 0 Å². The Labute approximate surface area is 79.8 Å². The van der Waals surface area contributed by atoms with E-state index >= 15 is 0 Å². The van der Waals surface area contributed by atoms with Gasteiger partial charge >= 0.3 is 13.8 Å². The highest BCUT2D eigenvalue weighted by Gasteiger charge is 2.35. The number of hydrogen-bond acceptors (Lipinski definition) is 7. The summed E-state index contributed by atoms with van der Waals surface area (Å²) < 4.78 is 29.2. The lowest BCUT2D eigenvalue weighted by Crippen LogP contribution is -2.04. The van der Waals surface area contributed by atoms with Crippen LogP contribution >= 0.6 is 7.82 Å². The van der Waals surface area contributed by atoms with Gasteiger partial charge in [0.25, 0.3) is 5.76 Å². The predicted molar refractivity (Wildman–Crippen MR) is 43.3 cm³/mol. The first-order valence-corrected chi connectivity index (χ1v) is 4.99. The number of aliphatic hydroxyl groups excluding tert-OH is 1. The van der Waals surface area contributed by atoms with Crippen molar-refractivity contribution in [3.63, 3.8) is 0 Å². The van der Waals surface area contributed by atoms with Crippen molar-refractivity contribution in [1.82, 2.24) is 0 Å². The number of carbonyl (C=O) groups is 1. The van der Waals surface area contributed by atoms with E-state index in [2.05, 4.69) is 18.3 Å². The second-order valence-corrected chi connectivity index (χ2v) is 4.06. The summed E-state index contributed by atoms with van der Waals surface area (Å²) in [4.78, 5) is 10.9. The van der Waals surface area contributed by atoms with Crippen molar-refractivity contribution in [3.05, 3.63) is 11.5 Å². The number of phosphoric ester groups is 1. The monoisotopic (exact) mass is 224 g/mol. The van der Waals surface area contributed by atoms with Crippen LogP contribution in [0.3, 0.4) is 0 Å². The highest BCUT2D eigenvalue weighted by Crippen LogP contribution is 2.50. The lowest BCUT2D eigenvalue weighted by Gasteiger charge is -2.12. The van der Waals surface area contributed by atoms with Crippen LogP contribution in [-0.2, 0) is 27.7 Å². The molecule has 0 aromatic heterocycles. The van der Waals surface area contributed by atoms with Gasteiger partial charge in [0.2, 0.25) is 0 Å². The minimum absolute atomic E-state index is 0.304. The van der Waals surface area contributed by atoms with E-state index in [1.165, 1.54) is 0 Å². The highest BCUT2D eigenvalue weighted by atomic mass is 31.2. The van der Waals surface area contributed by atoms with Crippen molar-refractivity contribution in [3.8, 4) is 0 Å². The SMILES string of the molecule is COP(=O)(OC)OC1=C(O)COC1=O. The molecule has 0 bridgehead atoms. The predicted octanol–water partition coefficient (Wildman–Crippen LogP) is 0.730. The van der Waals surface area contributed by atoms with Crippen LogP contribution in [0.15, 0.2) is 11.5 Å². The average Bonchev–Trinajstić information content (AvgIpc) is 2.49. The fourth-order valence-electron chi connectivity index (χ4n) is 0.734. The van der Waals surface area contributed by atoms with E-state index in [-0.39, 0.29) is 6.61 Å². The lowest BCUT2D eigenvalue weighted by atomic mass is 10.5. The number of aliphatic hydroxyl groups is 1. The van der Waals surface area contributed by atoms with Gasteiger partial charge in [-0.25, -0.2) is 9.36 Å². The fourth-order valence-corrected chi connectivity index (χ4v) is 1.44. The summed E-state index contributed by atoms with van der Waals surface area (Å²) in [6, 6.07) is 0. The summed E-state index contributed by atoms with van der Waals surface area (Å²) in [5, 5.41) is 9.09. The molecule has 0 saturated heterocycles. The van der Waals surface area contributed by atoms with Gasteiger partial charge in [0.1, 0.15) is 0 Å². The number of rotatable bonds is 4. The summed E-state index contributed by atoms with van der Waals surface area (Å²) in [6.45, 7) is -0.304. The van der Waals surface area contributed by atoms with Gasteiger partial charge in [-0.15, -0.1) is 0 Å². The summed E-state index contributed by atoms with van der Waals surface area (Å²) in [5.41, 5.74) is 0. The number of ether oxygens (including phenoxy) is 1. The van der Waals surface area contributed by atoms with Crippen molar-refractivity contribution in [1.29, 1.82) is 0 Å². The van der Waals surface area contributed by atoms with E-state index in [0.717, 1.165) is 14.2 Å². The second kappa shape index (κ2) is 4.00. The number of carbonyl (C=O) groups excluding carboxylic acids is 1. The highest BCUT2D eigenvalue weighted by molar-refractivity contribution is 7.48. The molecule has 0 amide bonds. The maximum atomic E-state index is 11.4. The third kappa shape index (κ3) is 2.06. The topological polar surface area (TPSA) is 91.3 Å². The molecule has 80 valence electrons. The van der Waals surface area contributed by atoms with E-state index in [9.17, 15) is 9.36 Å². The Bertz CT molecular complexity index is 312. The largest absolute Gasteiger partial charge is 0.529 e. The van der Waals surface area contributed by atoms with Gasteiger partial charge in [0.15, 0.2) is 12.4 Å². The molecule has 0 aliphatic carbocycles. The standard InChI is InChI=1S/C6H9O7P/c1-10-14(9,11-2)13-5-4(7)3-12-6(5)8/h7H,3H2,1-2H3. The van der Waals surface area contributed by atoms with Gasteiger partial charge in [-0.1, -0.05) is 0 Å². The van der Waals surface area contributed by atoms with Crippen LogP contribution in [0.4, 0.5) is 0 Å². The maximum Gasteiger partial charge on any atom is 0.529 e.